The zero-order valence-corrected chi connectivity index (χ0v) is 32.4. The van der Waals surface area contributed by atoms with E-state index < -0.39 is 79.9 Å². The molecular weight excluding hydrogens is 786 g/mol. The molecule has 296 valence electrons. The van der Waals surface area contributed by atoms with Crippen LogP contribution in [0.5, 0.6) is 0 Å². The van der Waals surface area contributed by atoms with Crippen LogP contribution in [0.15, 0.2) is 57.3 Å². The molecule has 20 heteroatoms. The van der Waals surface area contributed by atoms with Crippen LogP contribution in [0.4, 0.5) is 18.0 Å². The fourth-order valence-corrected chi connectivity index (χ4v) is 8.59. The molecule has 5 atom stereocenters. The molecule has 0 spiro atoms. The number of carbonyl (C=O) groups is 4. The van der Waals surface area contributed by atoms with Gasteiger partial charge in [-0.2, -0.15) is 49.4 Å². The number of hydrogen-bond donors (Lipinski definition) is 3. The molecular formula is C35H39F3N6O8S3. The van der Waals surface area contributed by atoms with Crippen molar-refractivity contribution in [2.75, 3.05) is 6.54 Å². The lowest BCUT2D eigenvalue weighted by atomic mass is 9.85. The van der Waals surface area contributed by atoms with E-state index in [1.165, 1.54) is 39.6 Å². The van der Waals surface area contributed by atoms with Crippen LogP contribution in [0, 0.1) is 11.3 Å². The van der Waals surface area contributed by atoms with E-state index in [9.17, 15) is 45.6 Å². The summed E-state index contributed by atoms with van der Waals surface area (Å²) in [7, 11) is -6.14. The molecule has 3 aliphatic rings. The molecule has 4 amide bonds. The van der Waals surface area contributed by atoms with Crippen molar-refractivity contribution in [3.05, 3.63) is 62.9 Å². The third-order valence-electron chi connectivity index (χ3n) is 10.1. The summed E-state index contributed by atoms with van der Waals surface area (Å²) in [6, 6.07) is -0.0462. The third-order valence-corrected chi connectivity index (χ3v) is 12.6. The maximum atomic E-state index is 14.5. The van der Waals surface area contributed by atoms with E-state index in [0.717, 1.165) is 21.6 Å². The Morgan fingerprint density at radius 1 is 1.09 bits per heavy atom. The van der Waals surface area contributed by atoms with Gasteiger partial charge in [-0.05, 0) is 75.9 Å². The monoisotopic (exact) mass is 824 g/mol. The van der Waals surface area contributed by atoms with E-state index in [0.29, 0.717) is 29.5 Å². The van der Waals surface area contributed by atoms with Crippen LogP contribution in [0.25, 0.3) is 22.3 Å². The lowest BCUT2D eigenvalue weighted by Gasteiger charge is -2.36. The van der Waals surface area contributed by atoms with Gasteiger partial charge in [0.25, 0.3) is 11.5 Å². The zero-order valence-electron chi connectivity index (χ0n) is 29.9. The molecule has 1 aliphatic heterocycles. The van der Waals surface area contributed by atoms with Crippen molar-refractivity contribution >= 4 is 56.5 Å². The molecule has 0 radical (unpaired) electrons. The molecule has 0 bridgehead atoms. The number of rotatable bonds is 11. The van der Waals surface area contributed by atoms with Crippen LogP contribution in [0.1, 0.15) is 58.9 Å². The number of likely N-dealkylation sites (tertiary alicyclic amines) is 1. The van der Waals surface area contributed by atoms with Gasteiger partial charge in [-0.15, -0.1) is 6.58 Å². The Bertz CT molecular complexity index is 2150. The normalized spacial score (nSPS) is 23.3. The smallest absolute Gasteiger partial charge is 0.446 e. The molecule has 0 unspecified atom stereocenters. The predicted molar refractivity (Wildman–Crippen MR) is 197 cm³/mol. The van der Waals surface area contributed by atoms with Crippen molar-refractivity contribution in [3.63, 3.8) is 0 Å². The third kappa shape index (κ3) is 7.93. The van der Waals surface area contributed by atoms with Gasteiger partial charge in [0.05, 0.1) is 17.8 Å². The Morgan fingerprint density at radius 2 is 1.75 bits per heavy atom. The zero-order chi connectivity index (χ0) is 40.1. The van der Waals surface area contributed by atoms with Crippen molar-refractivity contribution < 1.29 is 45.5 Å². The largest absolute Gasteiger partial charge is 0.516 e. The highest BCUT2D eigenvalue weighted by molar-refractivity contribution is 7.90. The Kier molecular flexibility index (Phi) is 10.8. The van der Waals surface area contributed by atoms with Crippen molar-refractivity contribution in [1.29, 1.82) is 0 Å². The average molecular weight is 825 g/mol. The van der Waals surface area contributed by atoms with Gasteiger partial charge in [-0.25, -0.2) is 14.2 Å². The van der Waals surface area contributed by atoms with E-state index in [1.807, 2.05) is 22.2 Å². The van der Waals surface area contributed by atoms with Crippen LogP contribution < -0.4 is 20.9 Å². The van der Waals surface area contributed by atoms with Crippen LogP contribution >= 0.6 is 22.7 Å². The summed E-state index contributed by atoms with van der Waals surface area (Å²) in [6.07, 6.45) is 3.26. The highest BCUT2D eigenvalue weighted by Crippen LogP contribution is 2.46. The van der Waals surface area contributed by atoms with Crippen LogP contribution in [0.3, 0.4) is 0 Å². The van der Waals surface area contributed by atoms with Crippen LogP contribution in [-0.2, 0) is 29.1 Å². The standard InChI is InChI=1S/C35H39F3N6O8S3/c1-5-21-14-34(21,31(48)42-55(50,51)35(36,37)38)41-28(45)25-13-22(16-43(25)30(47)27(33(2,3)4)40-32(49)52-23-7-6-8-23)44-29(46)26(20-10-12-54-18-20)24(15-39-44)19-9-11-53-17-19/h5,9-12,15,17-18,21-23,25,27H,1,6-8,13-14,16H2,2-4H3,(H,40,49)(H,41,45)(H,42,48)/t21-,22-,25+,27-,34-/m1/s1. The quantitative estimate of drug-likeness (QED) is 0.233. The van der Waals surface area contributed by atoms with E-state index in [1.54, 1.807) is 32.2 Å². The minimum absolute atomic E-state index is 0.244. The van der Waals surface area contributed by atoms with Gasteiger partial charge in [-0.1, -0.05) is 26.8 Å². The summed E-state index contributed by atoms with van der Waals surface area (Å²) in [5.74, 6) is -4.33. The number of aromatic nitrogens is 2. The number of carbonyl (C=O) groups excluding carboxylic acids is 4. The molecule has 0 aromatic carbocycles. The average Bonchev–Trinajstić information content (AvgIpc) is 3.59. The number of hydrogen-bond acceptors (Lipinski definition) is 11. The second-order valence-electron chi connectivity index (χ2n) is 14.9. The fraction of sp³-hybridized carbons (Fsp3) is 0.486. The summed E-state index contributed by atoms with van der Waals surface area (Å²) in [5, 5.41) is 16.8. The SMILES string of the molecule is C=C[C@@H]1C[C@]1(NC(=O)[C@@H]1C[C@@H](n2ncc(-c3ccsc3)c(-c3ccsc3)c2=O)CN1C(=O)[C@@H](NC(=O)OC1CCC1)C(C)(C)C)C(=O)NS(=O)(=O)C(F)(F)F. The lowest BCUT2D eigenvalue weighted by molar-refractivity contribution is -0.143. The molecule has 3 fully saturated rings. The molecule has 1 saturated heterocycles. The number of nitrogens with one attached hydrogen (secondary N) is 3. The first kappa shape index (κ1) is 40.1. The number of alkyl carbamates (subject to hydrolysis) is 1. The first-order valence-electron chi connectivity index (χ1n) is 17.3. The minimum atomic E-state index is -6.14. The lowest BCUT2D eigenvalue weighted by Crippen LogP contribution is -2.60. The van der Waals surface area contributed by atoms with E-state index in [4.69, 9.17) is 4.74 Å². The van der Waals surface area contributed by atoms with Gasteiger partial charge in [0, 0.05) is 24.4 Å². The number of halogens is 3. The molecule has 3 aromatic rings. The van der Waals surface area contributed by atoms with Crippen molar-refractivity contribution in [2.45, 2.75) is 88.2 Å². The van der Waals surface area contributed by atoms with Crippen molar-refractivity contribution in [2.24, 2.45) is 11.3 Å². The highest BCUT2D eigenvalue weighted by atomic mass is 32.2. The molecule has 2 aliphatic carbocycles. The Labute approximate surface area is 322 Å². The van der Waals surface area contributed by atoms with E-state index >= 15 is 0 Å². The Hall–Kier alpha value is -4.56. The maximum absolute atomic E-state index is 14.5. The number of thiophene rings is 2. The molecule has 4 heterocycles. The fourth-order valence-electron chi connectivity index (χ4n) is 6.75. The van der Waals surface area contributed by atoms with Gasteiger partial charge >= 0.3 is 21.6 Å². The second kappa shape index (κ2) is 14.8. The number of ether oxygens (including phenoxy) is 1. The number of sulfonamides is 1. The molecule has 14 nitrogen and oxygen atoms in total. The molecule has 6 rings (SSSR count). The number of alkyl halides is 3. The molecule has 55 heavy (non-hydrogen) atoms. The van der Waals surface area contributed by atoms with Crippen molar-refractivity contribution in [1.82, 2.24) is 30.0 Å². The Morgan fingerprint density at radius 3 is 2.27 bits per heavy atom. The summed E-state index contributed by atoms with van der Waals surface area (Å²) < 4.78 is 71.0. The predicted octanol–water partition coefficient (Wildman–Crippen LogP) is 4.56. The van der Waals surface area contributed by atoms with Crippen molar-refractivity contribution in [3.8, 4) is 22.3 Å². The topological polar surface area (TPSA) is 186 Å². The van der Waals surface area contributed by atoms with E-state index in [-0.39, 0.29) is 25.5 Å². The maximum Gasteiger partial charge on any atom is 0.516 e. The molecule has 3 N–H and O–H groups in total. The summed E-state index contributed by atoms with van der Waals surface area (Å²) in [5.41, 5.74) is -7.14. The van der Waals surface area contributed by atoms with E-state index in [2.05, 4.69) is 22.3 Å². The molecule has 2 saturated carbocycles. The minimum Gasteiger partial charge on any atom is -0.446 e. The summed E-state index contributed by atoms with van der Waals surface area (Å²) >= 11 is 2.81. The van der Waals surface area contributed by atoms with Gasteiger partial charge in [0.15, 0.2) is 0 Å². The summed E-state index contributed by atoms with van der Waals surface area (Å²) in [4.78, 5) is 70.4. The van der Waals surface area contributed by atoms with Gasteiger partial charge in [0.1, 0.15) is 23.7 Å². The second-order valence-corrected chi connectivity index (χ2v) is 18.1. The number of amides is 4. The van der Waals surface area contributed by atoms with Crippen LogP contribution in [0.2, 0.25) is 0 Å². The first-order chi connectivity index (χ1) is 25.8. The van der Waals surface area contributed by atoms with Gasteiger partial charge in [-0.3, -0.25) is 19.2 Å². The van der Waals surface area contributed by atoms with Gasteiger partial charge in [0.2, 0.25) is 11.8 Å². The van der Waals surface area contributed by atoms with Crippen LogP contribution in [-0.4, -0.2) is 82.7 Å². The van der Waals surface area contributed by atoms with Gasteiger partial charge < -0.3 is 20.3 Å². The summed E-state index contributed by atoms with van der Waals surface area (Å²) in [6.45, 7) is 8.33. The molecule has 3 aromatic heterocycles. The Balaban J connectivity index is 1.37. The first-order valence-corrected chi connectivity index (χ1v) is 20.7. The number of nitrogens with zero attached hydrogens (tertiary/aromatic N) is 3. The highest BCUT2D eigenvalue weighted by Gasteiger charge is 2.63.